The third-order valence-electron chi connectivity index (χ3n) is 2.06. The molecule has 1 aromatic rings. The standard InChI is InChI=1S/C11H12Cl2O2/c1-3-15-11(14)7(2)9-6-8(12)4-5-10(9)13/h4-7H,3H2,1-2H3. The van der Waals surface area contributed by atoms with Crippen molar-refractivity contribution in [2.45, 2.75) is 19.8 Å². The number of ether oxygens (including phenoxy) is 1. The summed E-state index contributed by atoms with van der Waals surface area (Å²) in [6, 6.07) is 5.05. The maximum atomic E-state index is 11.5. The average molecular weight is 247 g/mol. The Hall–Kier alpha value is -0.730. The van der Waals surface area contributed by atoms with Crippen LogP contribution in [0.2, 0.25) is 10.0 Å². The molecular weight excluding hydrogens is 235 g/mol. The molecule has 0 N–H and O–H groups in total. The van der Waals surface area contributed by atoms with E-state index in [9.17, 15) is 4.79 Å². The first kappa shape index (κ1) is 12.3. The molecule has 1 unspecified atom stereocenters. The largest absolute Gasteiger partial charge is 0.466 e. The summed E-state index contributed by atoms with van der Waals surface area (Å²) >= 11 is 11.8. The Morgan fingerprint density at radius 3 is 2.73 bits per heavy atom. The molecule has 15 heavy (non-hydrogen) atoms. The SMILES string of the molecule is CCOC(=O)C(C)c1cc(Cl)ccc1Cl. The summed E-state index contributed by atoms with van der Waals surface area (Å²) in [5.74, 6) is -0.683. The van der Waals surface area contributed by atoms with E-state index < -0.39 is 5.92 Å². The first-order chi connectivity index (χ1) is 7.06. The minimum atomic E-state index is -0.392. The zero-order valence-corrected chi connectivity index (χ0v) is 10.1. The van der Waals surface area contributed by atoms with E-state index in [0.717, 1.165) is 0 Å². The molecule has 0 heterocycles. The van der Waals surface area contributed by atoms with Crippen LogP contribution in [-0.2, 0) is 9.53 Å². The summed E-state index contributed by atoms with van der Waals surface area (Å²) in [6.07, 6.45) is 0. The highest BCUT2D eigenvalue weighted by Crippen LogP contribution is 2.28. The molecule has 0 bridgehead atoms. The first-order valence-electron chi connectivity index (χ1n) is 4.67. The summed E-state index contributed by atoms with van der Waals surface area (Å²) in [7, 11) is 0. The molecule has 0 aromatic heterocycles. The number of carbonyl (C=O) groups is 1. The molecule has 1 aromatic carbocycles. The van der Waals surface area contributed by atoms with Crippen LogP contribution in [0.5, 0.6) is 0 Å². The lowest BCUT2D eigenvalue weighted by Gasteiger charge is -2.12. The summed E-state index contributed by atoms with van der Waals surface area (Å²) < 4.78 is 4.91. The van der Waals surface area contributed by atoms with Gasteiger partial charge >= 0.3 is 5.97 Å². The van der Waals surface area contributed by atoms with Crippen LogP contribution >= 0.6 is 23.2 Å². The second-order valence-corrected chi connectivity index (χ2v) is 3.98. The van der Waals surface area contributed by atoms with Crippen molar-refractivity contribution in [1.82, 2.24) is 0 Å². The van der Waals surface area contributed by atoms with Gasteiger partial charge in [0, 0.05) is 10.0 Å². The van der Waals surface area contributed by atoms with E-state index in [1.165, 1.54) is 0 Å². The lowest BCUT2D eigenvalue weighted by atomic mass is 10.0. The van der Waals surface area contributed by atoms with Crippen molar-refractivity contribution in [3.8, 4) is 0 Å². The van der Waals surface area contributed by atoms with E-state index in [1.54, 1.807) is 32.0 Å². The van der Waals surface area contributed by atoms with Gasteiger partial charge in [0.05, 0.1) is 12.5 Å². The number of hydrogen-bond donors (Lipinski definition) is 0. The van der Waals surface area contributed by atoms with Gasteiger partial charge in [-0.05, 0) is 37.6 Å². The van der Waals surface area contributed by atoms with Crippen LogP contribution in [0.4, 0.5) is 0 Å². The fourth-order valence-electron chi connectivity index (χ4n) is 1.24. The predicted octanol–water partition coefficient (Wildman–Crippen LogP) is 3.66. The zero-order valence-electron chi connectivity index (χ0n) is 8.59. The van der Waals surface area contributed by atoms with Crippen molar-refractivity contribution in [1.29, 1.82) is 0 Å². The van der Waals surface area contributed by atoms with Gasteiger partial charge in [0.1, 0.15) is 0 Å². The van der Waals surface area contributed by atoms with Gasteiger partial charge in [-0.25, -0.2) is 0 Å². The van der Waals surface area contributed by atoms with Crippen molar-refractivity contribution in [3.63, 3.8) is 0 Å². The van der Waals surface area contributed by atoms with Gasteiger partial charge in [0.2, 0.25) is 0 Å². The number of esters is 1. The fraction of sp³-hybridized carbons (Fsp3) is 0.364. The van der Waals surface area contributed by atoms with E-state index in [4.69, 9.17) is 27.9 Å². The van der Waals surface area contributed by atoms with E-state index in [-0.39, 0.29) is 5.97 Å². The van der Waals surface area contributed by atoms with Crippen LogP contribution in [0.3, 0.4) is 0 Å². The average Bonchev–Trinajstić information content (AvgIpc) is 2.21. The van der Waals surface area contributed by atoms with Crippen LogP contribution in [-0.4, -0.2) is 12.6 Å². The van der Waals surface area contributed by atoms with Crippen LogP contribution in [0.1, 0.15) is 25.3 Å². The van der Waals surface area contributed by atoms with Gasteiger partial charge in [-0.1, -0.05) is 23.2 Å². The third kappa shape index (κ3) is 3.11. The molecule has 0 aliphatic rings. The molecule has 0 radical (unpaired) electrons. The highest BCUT2D eigenvalue weighted by molar-refractivity contribution is 6.33. The normalized spacial score (nSPS) is 12.3. The molecule has 0 saturated heterocycles. The van der Waals surface area contributed by atoms with Crippen molar-refractivity contribution < 1.29 is 9.53 Å². The second kappa shape index (κ2) is 5.38. The minimum Gasteiger partial charge on any atom is -0.466 e. The Morgan fingerprint density at radius 1 is 1.47 bits per heavy atom. The molecule has 0 aliphatic heterocycles. The topological polar surface area (TPSA) is 26.3 Å². The monoisotopic (exact) mass is 246 g/mol. The quantitative estimate of drug-likeness (QED) is 0.762. The van der Waals surface area contributed by atoms with Gasteiger partial charge in [-0.2, -0.15) is 0 Å². The molecule has 0 aliphatic carbocycles. The van der Waals surface area contributed by atoms with Crippen molar-refractivity contribution in [3.05, 3.63) is 33.8 Å². The number of rotatable bonds is 3. The molecule has 0 spiro atoms. The third-order valence-corrected chi connectivity index (χ3v) is 2.64. The Balaban J connectivity index is 2.94. The first-order valence-corrected chi connectivity index (χ1v) is 5.43. The summed E-state index contributed by atoms with van der Waals surface area (Å²) in [5, 5.41) is 1.09. The van der Waals surface area contributed by atoms with E-state index in [1.807, 2.05) is 0 Å². The molecule has 0 amide bonds. The summed E-state index contributed by atoms with van der Waals surface area (Å²) in [4.78, 5) is 11.5. The highest BCUT2D eigenvalue weighted by atomic mass is 35.5. The molecule has 1 atom stereocenters. The highest BCUT2D eigenvalue weighted by Gasteiger charge is 2.19. The van der Waals surface area contributed by atoms with E-state index in [0.29, 0.717) is 22.2 Å². The van der Waals surface area contributed by atoms with Gasteiger partial charge < -0.3 is 4.74 Å². The number of halogens is 2. The zero-order chi connectivity index (χ0) is 11.4. The smallest absolute Gasteiger partial charge is 0.313 e. The van der Waals surface area contributed by atoms with Crippen molar-refractivity contribution in [2.24, 2.45) is 0 Å². The molecular formula is C11H12Cl2O2. The molecule has 0 fully saturated rings. The molecule has 1 rings (SSSR count). The van der Waals surface area contributed by atoms with Gasteiger partial charge in [-0.15, -0.1) is 0 Å². The van der Waals surface area contributed by atoms with Crippen LogP contribution in [0, 0.1) is 0 Å². The Kier molecular flexibility index (Phi) is 4.43. The maximum absolute atomic E-state index is 11.5. The van der Waals surface area contributed by atoms with Gasteiger partial charge in [0.25, 0.3) is 0 Å². The Morgan fingerprint density at radius 2 is 2.13 bits per heavy atom. The Labute approximate surface area is 99.1 Å². The predicted molar refractivity (Wildman–Crippen MR) is 61.5 cm³/mol. The lowest BCUT2D eigenvalue weighted by molar-refractivity contribution is -0.144. The molecule has 82 valence electrons. The van der Waals surface area contributed by atoms with Gasteiger partial charge in [-0.3, -0.25) is 4.79 Å². The van der Waals surface area contributed by atoms with Crippen LogP contribution in [0.25, 0.3) is 0 Å². The lowest BCUT2D eigenvalue weighted by Crippen LogP contribution is -2.13. The maximum Gasteiger partial charge on any atom is 0.313 e. The van der Waals surface area contributed by atoms with E-state index in [2.05, 4.69) is 0 Å². The summed E-state index contributed by atoms with van der Waals surface area (Å²) in [6.45, 7) is 3.88. The number of hydrogen-bond acceptors (Lipinski definition) is 2. The van der Waals surface area contributed by atoms with Crippen molar-refractivity contribution in [2.75, 3.05) is 6.61 Å². The minimum absolute atomic E-state index is 0.290. The number of benzene rings is 1. The second-order valence-electron chi connectivity index (χ2n) is 3.14. The van der Waals surface area contributed by atoms with Crippen LogP contribution < -0.4 is 0 Å². The molecule has 0 saturated carbocycles. The van der Waals surface area contributed by atoms with Gasteiger partial charge in [0.15, 0.2) is 0 Å². The molecule has 4 heteroatoms. The number of carbonyl (C=O) groups excluding carboxylic acids is 1. The van der Waals surface area contributed by atoms with E-state index >= 15 is 0 Å². The van der Waals surface area contributed by atoms with Crippen molar-refractivity contribution >= 4 is 29.2 Å². The Bertz CT molecular complexity index is 364. The summed E-state index contributed by atoms with van der Waals surface area (Å²) in [5.41, 5.74) is 0.697. The van der Waals surface area contributed by atoms with Crippen LogP contribution in [0.15, 0.2) is 18.2 Å². The fourth-order valence-corrected chi connectivity index (χ4v) is 1.70. The molecule has 2 nitrogen and oxygen atoms in total.